The number of pyridine rings is 1. The van der Waals surface area contributed by atoms with Crippen molar-refractivity contribution in [1.82, 2.24) is 9.38 Å². The normalized spacial score (nSPS) is 11.0. The zero-order valence-corrected chi connectivity index (χ0v) is 13.0. The highest BCUT2D eigenvalue weighted by molar-refractivity contribution is 9.10. The first kappa shape index (κ1) is 13.8. The zero-order chi connectivity index (χ0) is 15.0. The van der Waals surface area contributed by atoms with Gasteiger partial charge in [-0.1, -0.05) is 30.3 Å². The first-order valence-corrected chi connectivity index (χ1v) is 7.30. The van der Waals surface area contributed by atoms with E-state index in [0.29, 0.717) is 5.69 Å². The standard InChI is InChI=1S/C16H13BrN2O2/c1-10-7-12(17)9-19-13(8-14(20)21)15(18-16(10)19)11-5-3-2-4-6-11/h2-7,9H,8H2,1H3,(H,20,21). The summed E-state index contributed by atoms with van der Waals surface area (Å²) >= 11 is 3.45. The van der Waals surface area contributed by atoms with Crippen LogP contribution in [0.3, 0.4) is 0 Å². The first-order chi connectivity index (χ1) is 10.1. The monoisotopic (exact) mass is 344 g/mol. The van der Waals surface area contributed by atoms with Crippen LogP contribution in [-0.2, 0) is 11.2 Å². The maximum Gasteiger partial charge on any atom is 0.309 e. The highest BCUT2D eigenvalue weighted by Crippen LogP contribution is 2.27. The van der Waals surface area contributed by atoms with Crippen LogP contribution in [-0.4, -0.2) is 20.5 Å². The first-order valence-electron chi connectivity index (χ1n) is 6.50. The van der Waals surface area contributed by atoms with Crippen LogP contribution in [0.1, 0.15) is 11.3 Å². The zero-order valence-electron chi connectivity index (χ0n) is 11.4. The lowest BCUT2D eigenvalue weighted by atomic mass is 10.1. The highest BCUT2D eigenvalue weighted by atomic mass is 79.9. The third kappa shape index (κ3) is 2.56. The van der Waals surface area contributed by atoms with Gasteiger partial charge in [0, 0.05) is 16.2 Å². The number of hydrogen-bond donors (Lipinski definition) is 1. The minimum absolute atomic E-state index is 0.0682. The quantitative estimate of drug-likeness (QED) is 0.788. The molecule has 2 heterocycles. The molecule has 0 aliphatic rings. The number of imidazole rings is 1. The molecule has 1 aromatic carbocycles. The van der Waals surface area contributed by atoms with E-state index in [2.05, 4.69) is 20.9 Å². The summed E-state index contributed by atoms with van der Waals surface area (Å²) in [5.74, 6) is -0.869. The molecule has 21 heavy (non-hydrogen) atoms. The molecule has 3 aromatic rings. The van der Waals surface area contributed by atoms with E-state index in [4.69, 9.17) is 0 Å². The Balaban J connectivity index is 2.33. The summed E-state index contributed by atoms with van der Waals surface area (Å²) in [5, 5.41) is 9.20. The molecule has 0 fully saturated rings. The van der Waals surface area contributed by atoms with E-state index in [9.17, 15) is 9.90 Å². The molecule has 4 nitrogen and oxygen atoms in total. The summed E-state index contributed by atoms with van der Waals surface area (Å²) in [5.41, 5.74) is 4.12. The van der Waals surface area contributed by atoms with Crippen LogP contribution >= 0.6 is 15.9 Å². The number of aliphatic carboxylic acids is 1. The van der Waals surface area contributed by atoms with Crippen molar-refractivity contribution < 1.29 is 9.90 Å². The fourth-order valence-corrected chi connectivity index (χ4v) is 3.00. The third-order valence-corrected chi connectivity index (χ3v) is 3.77. The fourth-order valence-electron chi connectivity index (χ4n) is 2.45. The van der Waals surface area contributed by atoms with Gasteiger partial charge in [-0.3, -0.25) is 4.79 Å². The minimum atomic E-state index is -0.869. The second-order valence-corrected chi connectivity index (χ2v) is 5.79. The van der Waals surface area contributed by atoms with Crippen molar-refractivity contribution in [3.8, 4) is 11.3 Å². The lowest BCUT2D eigenvalue weighted by Gasteiger charge is -2.04. The molecule has 0 saturated carbocycles. The van der Waals surface area contributed by atoms with E-state index in [1.54, 1.807) is 0 Å². The molecular formula is C16H13BrN2O2. The Morgan fingerprint density at radius 1 is 1.33 bits per heavy atom. The van der Waals surface area contributed by atoms with Crippen LogP contribution in [0.4, 0.5) is 0 Å². The van der Waals surface area contributed by atoms with Gasteiger partial charge in [-0.15, -0.1) is 0 Å². The summed E-state index contributed by atoms with van der Waals surface area (Å²) < 4.78 is 2.76. The van der Waals surface area contributed by atoms with Crippen LogP contribution in [0.15, 0.2) is 47.1 Å². The van der Waals surface area contributed by atoms with Crippen LogP contribution in [0.25, 0.3) is 16.9 Å². The average molecular weight is 345 g/mol. The van der Waals surface area contributed by atoms with Gasteiger partial charge in [0.15, 0.2) is 0 Å². The number of aryl methyl sites for hydroxylation is 1. The van der Waals surface area contributed by atoms with Crippen molar-refractivity contribution in [3.05, 3.63) is 58.3 Å². The van der Waals surface area contributed by atoms with Gasteiger partial charge in [-0.25, -0.2) is 4.98 Å². The van der Waals surface area contributed by atoms with Crippen LogP contribution < -0.4 is 0 Å². The van der Waals surface area contributed by atoms with Crippen molar-refractivity contribution in [1.29, 1.82) is 0 Å². The smallest absolute Gasteiger partial charge is 0.309 e. The van der Waals surface area contributed by atoms with Crippen molar-refractivity contribution in [2.24, 2.45) is 0 Å². The number of carbonyl (C=O) groups is 1. The number of fused-ring (bicyclic) bond motifs is 1. The van der Waals surface area contributed by atoms with Crippen LogP contribution in [0, 0.1) is 6.92 Å². The summed E-state index contributed by atoms with van der Waals surface area (Å²) in [6, 6.07) is 11.6. The summed E-state index contributed by atoms with van der Waals surface area (Å²) in [7, 11) is 0. The van der Waals surface area contributed by atoms with Gasteiger partial charge in [-0.05, 0) is 34.5 Å². The second kappa shape index (κ2) is 5.33. The molecule has 106 valence electrons. The predicted molar refractivity (Wildman–Crippen MR) is 84.4 cm³/mol. The molecule has 0 saturated heterocycles. The van der Waals surface area contributed by atoms with Gasteiger partial charge in [-0.2, -0.15) is 0 Å². The van der Waals surface area contributed by atoms with Crippen molar-refractivity contribution in [2.45, 2.75) is 13.3 Å². The van der Waals surface area contributed by atoms with Gasteiger partial charge >= 0.3 is 5.97 Å². The molecule has 3 rings (SSSR count). The van der Waals surface area contributed by atoms with E-state index in [1.165, 1.54) is 0 Å². The van der Waals surface area contributed by atoms with Crippen molar-refractivity contribution >= 4 is 27.5 Å². The molecule has 0 aliphatic carbocycles. The predicted octanol–water partition coefficient (Wildman–Crippen LogP) is 3.70. The maximum atomic E-state index is 11.2. The van der Waals surface area contributed by atoms with E-state index in [0.717, 1.165) is 26.9 Å². The van der Waals surface area contributed by atoms with E-state index in [-0.39, 0.29) is 6.42 Å². The molecular weight excluding hydrogens is 332 g/mol. The van der Waals surface area contributed by atoms with E-state index >= 15 is 0 Å². The Kier molecular flexibility index (Phi) is 3.51. The number of benzene rings is 1. The number of nitrogens with zero attached hydrogens (tertiary/aromatic N) is 2. The van der Waals surface area contributed by atoms with Gasteiger partial charge in [0.25, 0.3) is 0 Å². The van der Waals surface area contributed by atoms with Crippen LogP contribution in [0.5, 0.6) is 0 Å². The maximum absolute atomic E-state index is 11.2. The number of carboxylic acid groups (broad SMARTS) is 1. The Hall–Kier alpha value is -2.14. The number of halogens is 1. The van der Waals surface area contributed by atoms with Crippen molar-refractivity contribution in [3.63, 3.8) is 0 Å². The molecule has 0 unspecified atom stereocenters. The molecule has 0 bridgehead atoms. The molecule has 5 heteroatoms. The van der Waals surface area contributed by atoms with Gasteiger partial charge in [0.2, 0.25) is 0 Å². The lowest BCUT2D eigenvalue weighted by molar-refractivity contribution is -0.136. The second-order valence-electron chi connectivity index (χ2n) is 4.88. The highest BCUT2D eigenvalue weighted by Gasteiger charge is 2.17. The summed E-state index contributed by atoms with van der Waals surface area (Å²) in [6.07, 6.45) is 1.79. The largest absolute Gasteiger partial charge is 0.481 e. The molecule has 0 amide bonds. The Morgan fingerprint density at radius 3 is 2.71 bits per heavy atom. The number of rotatable bonds is 3. The summed E-state index contributed by atoms with van der Waals surface area (Å²) in [6.45, 7) is 1.96. The van der Waals surface area contributed by atoms with Gasteiger partial charge in [0.1, 0.15) is 5.65 Å². The molecule has 1 N–H and O–H groups in total. The van der Waals surface area contributed by atoms with Gasteiger partial charge < -0.3 is 9.51 Å². The lowest BCUT2D eigenvalue weighted by Crippen LogP contribution is -2.05. The fraction of sp³-hybridized carbons (Fsp3) is 0.125. The Morgan fingerprint density at radius 2 is 2.05 bits per heavy atom. The third-order valence-electron chi connectivity index (χ3n) is 3.34. The van der Waals surface area contributed by atoms with Crippen molar-refractivity contribution in [2.75, 3.05) is 0 Å². The van der Waals surface area contributed by atoms with E-state index in [1.807, 2.05) is 53.9 Å². The molecule has 0 spiro atoms. The summed E-state index contributed by atoms with van der Waals surface area (Å²) in [4.78, 5) is 15.9. The SMILES string of the molecule is Cc1cc(Br)cn2c(CC(=O)O)c(-c3ccccc3)nc12. The average Bonchev–Trinajstić information content (AvgIpc) is 2.78. The number of hydrogen-bond acceptors (Lipinski definition) is 2. The Bertz CT molecular complexity index is 825. The molecule has 0 aliphatic heterocycles. The number of aromatic nitrogens is 2. The Labute approximate surface area is 130 Å². The number of carboxylic acids is 1. The van der Waals surface area contributed by atoms with Crippen LogP contribution in [0.2, 0.25) is 0 Å². The molecule has 2 aromatic heterocycles. The molecule has 0 radical (unpaired) electrons. The molecule has 0 atom stereocenters. The topological polar surface area (TPSA) is 54.6 Å². The van der Waals surface area contributed by atoms with E-state index < -0.39 is 5.97 Å². The minimum Gasteiger partial charge on any atom is -0.481 e. The van der Waals surface area contributed by atoms with Gasteiger partial charge in [0.05, 0.1) is 17.8 Å².